The predicted octanol–water partition coefficient (Wildman–Crippen LogP) is 3.15. The summed E-state index contributed by atoms with van der Waals surface area (Å²) in [5.41, 5.74) is 0. The summed E-state index contributed by atoms with van der Waals surface area (Å²) >= 11 is 22.0. The zero-order valence-corrected chi connectivity index (χ0v) is 12.8. The smallest absolute Gasteiger partial charge is 0.138 e. The van der Waals surface area contributed by atoms with E-state index in [1.807, 2.05) is 27.7 Å². The van der Waals surface area contributed by atoms with Gasteiger partial charge in [0, 0.05) is 0 Å². The third kappa shape index (κ3) is 3.47. The topological polar surface area (TPSA) is 23.1 Å². The van der Waals surface area contributed by atoms with Crippen molar-refractivity contribution < 1.29 is 9.59 Å². The maximum absolute atomic E-state index is 11.7. The molecule has 0 radical (unpaired) electrons. The van der Waals surface area contributed by atoms with Crippen molar-refractivity contribution in [1.82, 2.24) is 0 Å². The summed E-state index contributed by atoms with van der Waals surface area (Å²) in [5, 5.41) is 11.6. The molecule has 0 spiro atoms. The van der Waals surface area contributed by atoms with Gasteiger partial charge in [-0.05, 0) is 39.9 Å². The standard InChI is InChI=1S/C10H16Cl3NOS/c1-6(2)14(7(3)4,10(15)16)5-8(11)9(12)13/h6-7H,5H2,1-4H3. The molecule has 0 aliphatic rings. The molecule has 94 valence electrons. The van der Waals surface area contributed by atoms with E-state index in [4.69, 9.17) is 47.0 Å². The summed E-state index contributed by atoms with van der Waals surface area (Å²) in [6.07, 6.45) is 0. The van der Waals surface area contributed by atoms with Crippen LogP contribution in [0.15, 0.2) is 9.52 Å². The molecule has 0 saturated carbocycles. The van der Waals surface area contributed by atoms with Gasteiger partial charge < -0.3 is 5.11 Å². The third-order valence-electron chi connectivity index (χ3n) is 2.79. The highest BCUT2D eigenvalue weighted by atomic mass is 35.5. The molecule has 0 rings (SSSR count). The highest BCUT2D eigenvalue weighted by molar-refractivity contribution is 7.79. The fraction of sp³-hybridized carbons (Fsp3) is 0.700. The number of quaternary nitrogens is 1. The zero-order chi connectivity index (χ0) is 13.1. The molecule has 6 heteroatoms. The fourth-order valence-electron chi connectivity index (χ4n) is 1.74. The van der Waals surface area contributed by atoms with Crippen molar-refractivity contribution >= 4 is 52.2 Å². The first-order chi connectivity index (χ1) is 7.16. The van der Waals surface area contributed by atoms with Crippen molar-refractivity contribution in [2.75, 3.05) is 6.54 Å². The van der Waals surface area contributed by atoms with E-state index in [1.165, 1.54) is 0 Å². The molecular formula is C10H16Cl3NOS. The van der Waals surface area contributed by atoms with Crippen LogP contribution in [0.2, 0.25) is 0 Å². The minimum Gasteiger partial charge on any atom is -0.822 e. The molecule has 0 aromatic carbocycles. The summed E-state index contributed by atoms with van der Waals surface area (Å²) in [4.78, 5) is 0. The van der Waals surface area contributed by atoms with E-state index in [0.29, 0.717) is 0 Å². The highest BCUT2D eigenvalue weighted by Crippen LogP contribution is 2.27. The molecule has 0 heterocycles. The molecule has 0 bridgehead atoms. The van der Waals surface area contributed by atoms with Gasteiger partial charge in [-0.15, -0.1) is 0 Å². The fourth-order valence-corrected chi connectivity index (χ4v) is 2.54. The van der Waals surface area contributed by atoms with Gasteiger partial charge >= 0.3 is 0 Å². The Hall–Kier alpha value is 0.460. The Labute approximate surface area is 117 Å². The van der Waals surface area contributed by atoms with Crippen molar-refractivity contribution in [3.63, 3.8) is 0 Å². The molecule has 2 nitrogen and oxygen atoms in total. The van der Waals surface area contributed by atoms with Crippen molar-refractivity contribution in [2.24, 2.45) is 0 Å². The number of nitrogens with zero attached hydrogens (tertiary/aromatic N) is 1. The Kier molecular flexibility index (Phi) is 6.59. The summed E-state index contributed by atoms with van der Waals surface area (Å²) in [5.74, 6) is 0. The van der Waals surface area contributed by atoms with Crippen molar-refractivity contribution in [1.29, 1.82) is 0 Å². The van der Waals surface area contributed by atoms with Gasteiger partial charge in [-0.25, -0.2) is 0 Å². The monoisotopic (exact) mass is 303 g/mol. The number of hydrogen-bond donors (Lipinski definition) is 0. The van der Waals surface area contributed by atoms with Crippen LogP contribution in [0, 0.1) is 0 Å². The molecule has 0 aliphatic carbocycles. The van der Waals surface area contributed by atoms with E-state index in [1.54, 1.807) is 0 Å². The van der Waals surface area contributed by atoms with Crippen LogP contribution >= 0.6 is 47.0 Å². The van der Waals surface area contributed by atoms with Crippen molar-refractivity contribution in [2.45, 2.75) is 39.8 Å². The third-order valence-corrected chi connectivity index (χ3v) is 4.09. The predicted molar refractivity (Wildman–Crippen MR) is 72.6 cm³/mol. The van der Waals surface area contributed by atoms with Gasteiger partial charge in [-0.1, -0.05) is 34.8 Å². The second-order valence-corrected chi connectivity index (χ2v) is 5.96. The molecule has 0 unspecified atom stereocenters. The van der Waals surface area contributed by atoms with Crippen LogP contribution < -0.4 is 5.11 Å². The van der Waals surface area contributed by atoms with Gasteiger partial charge in [-0.3, -0.25) is 4.48 Å². The van der Waals surface area contributed by atoms with Gasteiger partial charge in [0.1, 0.15) is 21.2 Å². The Balaban J connectivity index is 5.39. The molecule has 0 aliphatic heterocycles. The number of rotatable bonds is 4. The van der Waals surface area contributed by atoms with Gasteiger partial charge in [0.15, 0.2) is 0 Å². The maximum atomic E-state index is 11.7. The average molecular weight is 305 g/mol. The Morgan fingerprint density at radius 3 is 1.69 bits per heavy atom. The van der Waals surface area contributed by atoms with Crippen LogP contribution in [0.4, 0.5) is 0 Å². The van der Waals surface area contributed by atoms with Gasteiger partial charge in [0.25, 0.3) is 0 Å². The summed E-state index contributed by atoms with van der Waals surface area (Å²) in [6, 6.07) is 0.0397. The quantitative estimate of drug-likeness (QED) is 0.588. The zero-order valence-electron chi connectivity index (χ0n) is 9.76. The van der Waals surface area contributed by atoms with Crippen molar-refractivity contribution in [3.8, 4) is 0 Å². The lowest BCUT2D eigenvalue weighted by Gasteiger charge is -2.47. The molecule has 0 aromatic rings. The van der Waals surface area contributed by atoms with Crippen LogP contribution in [0.1, 0.15) is 27.7 Å². The summed E-state index contributed by atoms with van der Waals surface area (Å²) in [6.45, 7) is 7.95. The second-order valence-electron chi connectivity index (χ2n) is 4.21. The van der Waals surface area contributed by atoms with E-state index in [-0.39, 0.29) is 37.8 Å². The Morgan fingerprint density at radius 2 is 1.50 bits per heavy atom. The molecule has 16 heavy (non-hydrogen) atoms. The highest BCUT2D eigenvalue weighted by Gasteiger charge is 2.36. The van der Waals surface area contributed by atoms with Gasteiger partial charge in [0.2, 0.25) is 0 Å². The van der Waals surface area contributed by atoms with E-state index in [0.717, 1.165) is 0 Å². The van der Waals surface area contributed by atoms with E-state index in [2.05, 4.69) is 0 Å². The lowest BCUT2D eigenvalue weighted by atomic mass is 10.1. The largest absolute Gasteiger partial charge is 0.822 e. The normalized spacial score (nSPS) is 12.1. The van der Waals surface area contributed by atoms with Crippen LogP contribution in [0.5, 0.6) is 0 Å². The molecule has 0 amide bonds. The van der Waals surface area contributed by atoms with E-state index in [9.17, 15) is 5.11 Å². The lowest BCUT2D eigenvalue weighted by molar-refractivity contribution is -0.900. The summed E-state index contributed by atoms with van der Waals surface area (Å²) < 4.78 is 0.0543. The van der Waals surface area contributed by atoms with Crippen LogP contribution in [-0.2, 0) is 0 Å². The lowest BCUT2D eigenvalue weighted by Crippen LogP contribution is -2.65. The second kappa shape index (κ2) is 6.41. The first kappa shape index (κ1) is 16.5. The average Bonchev–Trinajstić information content (AvgIpc) is 2.11. The van der Waals surface area contributed by atoms with Gasteiger partial charge in [-0.2, -0.15) is 0 Å². The maximum Gasteiger partial charge on any atom is 0.138 e. The molecule has 0 atom stereocenters. The number of hydrogen-bond acceptors (Lipinski definition) is 2. The Morgan fingerprint density at radius 1 is 1.12 bits per heavy atom. The SMILES string of the molecule is CC(C)[N+](CC(Cl)=C(Cl)Cl)(C([O-])=S)C(C)C. The minimum absolute atomic E-state index is 0.0123. The Bertz CT molecular complexity index is 290. The van der Waals surface area contributed by atoms with Crippen LogP contribution in [-0.4, -0.2) is 28.3 Å². The van der Waals surface area contributed by atoms with Gasteiger partial charge in [0.05, 0.1) is 12.1 Å². The number of thiocarbonyl (C=S) groups is 1. The molecule has 0 N–H and O–H groups in total. The first-order valence-electron chi connectivity index (χ1n) is 4.94. The minimum atomic E-state index is -0.349. The number of halogens is 3. The van der Waals surface area contributed by atoms with E-state index < -0.39 is 0 Å². The molecule has 0 saturated heterocycles. The first-order valence-corrected chi connectivity index (χ1v) is 6.49. The van der Waals surface area contributed by atoms with E-state index >= 15 is 0 Å². The molecular weight excluding hydrogens is 289 g/mol. The molecule has 0 fully saturated rings. The summed E-state index contributed by atoms with van der Waals surface area (Å²) in [7, 11) is 0. The molecule has 0 aromatic heterocycles. The van der Waals surface area contributed by atoms with Crippen LogP contribution in [0.3, 0.4) is 0 Å². The van der Waals surface area contributed by atoms with Crippen molar-refractivity contribution in [3.05, 3.63) is 9.52 Å². The van der Waals surface area contributed by atoms with Crippen LogP contribution in [0.25, 0.3) is 0 Å².